The fraction of sp³-hybridized carbons (Fsp3) is 0.455. The molecule has 1 amide bonds. The molecule has 0 bridgehead atoms. The Morgan fingerprint density at radius 3 is 3.12 bits per heavy atom. The molecule has 0 saturated carbocycles. The topological polar surface area (TPSA) is 71.2 Å². The molecule has 1 saturated heterocycles. The number of nitrogens with one attached hydrogen (secondary N) is 1. The van der Waals surface area contributed by atoms with E-state index in [-0.39, 0.29) is 11.9 Å². The van der Waals surface area contributed by atoms with Crippen molar-refractivity contribution in [2.24, 2.45) is 0 Å². The van der Waals surface area contributed by atoms with Crippen molar-refractivity contribution in [2.45, 2.75) is 19.5 Å². The third-order valence-corrected chi connectivity index (χ3v) is 2.86. The van der Waals surface area contributed by atoms with Crippen LogP contribution in [0.3, 0.4) is 0 Å². The van der Waals surface area contributed by atoms with Crippen LogP contribution in [0.2, 0.25) is 0 Å². The number of nitrogen functional groups attached to an aromatic ring is 1. The first-order chi connectivity index (χ1) is 7.66. The number of aromatic nitrogens is 1. The zero-order chi connectivity index (χ0) is 11.5. The normalized spacial score (nSPS) is 21.8. The lowest BCUT2D eigenvalue weighted by molar-refractivity contribution is -0.128. The molecule has 1 aromatic rings. The third-order valence-electron chi connectivity index (χ3n) is 2.86. The van der Waals surface area contributed by atoms with Gasteiger partial charge in [0.1, 0.15) is 5.82 Å². The first kappa shape index (κ1) is 10.9. The molecule has 1 aromatic heterocycles. The standard InChI is InChI=1S/C11H16N4O/c1-8-11(16)13-4-5-15(8)7-9-2-3-10(12)14-6-9/h2-3,6,8H,4-5,7H2,1H3,(H2,12,14)(H,13,16). The Hall–Kier alpha value is -1.62. The predicted octanol–water partition coefficient (Wildman–Crippen LogP) is -0.0159. The number of amides is 1. The van der Waals surface area contributed by atoms with E-state index in [0.717, 1.165) is 18.7 Å². The van der Waals surface area contributed by atoms with E-state index >= 15 is 0 Å². The van der Waals surface area contributed by atoms with Crippen LogP contribution in [0.5, 0.6) is 0 Å². The van der Waals surface area contributed by atoms with E-state index in [4.69, 9.17) is 5.73 Å². The molecule has 5 heteroatoms. The van der Waals surface area contributed by atoms with Gasteiger partial charge in [-0.15, -0.1) is 0 Å². The van der Waals surface area contributed by atoms with Gasteiger partial charge in [-0.3, -0.25) is 9.69 Å². The molecule has 1 unspecified atom stereocenters. The quantitative estimate of drug-likeness (QED) is 0.735. The molecule has 2 heterocycles. The number of piperazine rings is 1. The molecular formula is C11H16N4O. The van der Waals surface area contributed by atoms with Crippen LogP contribution in [0.1, 0.15) is 12.5 Å². The number of anilines is 1. The number of carbonyl (C=O) groups excluding carboxylic acids is 1. The summed E-state index contributed by atoms with van der Waals surface area (Å²) in [6, 6.07) is 3.65. The zero-order valence-corrected chi connectivity index (χ0v) is 9.31. The summed E-state index contributed by atoms with van der Waals surface area (Å²) in [4.78, 5) is 17.6. The number of hydrogen-bond acceptors (Lipinski definition) is 4. The van der Waals surface area contributed by atoms with Crippen LogP contribution in [0, 0.1) is 0 Å². The number of hydrogen-bond donors (Lipinski definition) is 2. The monoisotopic (exact) mass is 220 g/mol. The lowest BCUT2D eigenvalue weighted by Gasteiger charge is -2.32. The van der Waals surface area contributed by atoms with E-state index in [0.29, 0.717) is 12.4 Å². The van der Waals surface area contributed by atoms with Crippen molar-refractivity contribution >= 4 is 11.7 Å². The average Bonchev–Trinajstić information content (AvgIpc) is 2.28. The summed E-state index contributed by atoms with van der Waals surface area (Å²) in [7, 11) is 0. The molecule has 5 nitrogen and oxygen atoms in total. The second-order valence-electron chi connectivity index (χ2n) is 4.03. The average molecular weight is 220 g/mol. The van der Waals surface area contributed by atoms with Crippen LogP contribution in [0.4, 0.5) is 5.82 Å². The van der Waals surface area contributed by atoms with E-state index in [1.54, 1.807) is 12.3 Å². The Morgan fingerprint density at radius 2 is 2.44 bits per heavy atom. The molecule has 0 aliphatic carbocycles. The Morgan fingerprint density at radius 1 is 1.62 bits per heavy atom. The van der Waals surface area contributed by atoms with Crippen molar-refractivity contribution in [1.82, 2.24) is 15.2 Å². The maximum atomic E-state index is 11.5. The van der Waals surface area contributed by atoms with Gasteiger partial charge in [-0.1, -0.05) is 6.07 Å². The Kier molecular flexibility index (Phi) is 3.05. The fourth-order valence-corrected chi connectivity index (χ4v) is 1.81. The smallest absolute Gasteiger partial charge is 0.237 e. The van der Waals surface area contributed by atoms with E-state index in [1.165, 1.54) is 0 Å². The maximum absolute atomic E-state index is 11.5. The second-order valence-corrected chi connectivity index (χ2v) is 4.03. The van der Waals surface area contributed by atoms with Crippen molar-refractivity contribution in [3.8, 4) is 0 Å². The summed E-state index contributed by atoms with van der Waals surface area (Å²) in [5.41, 5.74) is 6.60. The number of carbonyl (C=O) groups is 1. The molecule has 3 N–H and O–H groups in total. The van der Waals surface area contributed by atoms with Crippen molar-refractivity contribution in [2.75, 3.05) is 18.8 Å². The zero-order valence-electron chi connectivity index (χ0n) is 9.31. The van der Waals surface area contributed by atoms with Crippen LogP contribution in [-0.2, 0) is 11.3 Å². The largest absolute Gasteiger partial charge is 0.384 e. The maximum Gasteiger partial charge on any atom is 0.237 e. The predicted molar refractivity (Wildman–Crippen MR) is 61.5 cm³/mol. The van der Waals surface area contributed by atoms with Gasteiger partial charge in [-0.05, 0) is 18.6 Å². The van der Waals surface area contributed by atoms with Crippen molar-refractivity contribution in [3.05, 3.63) is 23.9 Å². The fourth-order valence-electron chi connectivity index (χ4n) is 1.81. The number of rotatable bonds is 2. The van der Waals surface area contributed by atoms with Gasteiger partial charge >= 0.3 is 0 Å². The summed E-state index contributed by atoms with van der Waals surface area (Å²) in [6.07, 6.45) is 1.76. The third kappa shape index (κ3) is 2.30. The molecule has 86 valence electrons. The summed E-state index contributed by atoms with van der Waals surface area (Å²) in [5.74, 6) is 0.614. The molecule has 16 heavy (non-hydrogen) atoms. The Labute approximate surface area is 94.6 Å². The van der Waals surface area contributed by atoms with Crippen molar-refractivity contribution in [1.29, 1.82) is 0 Å². The van der Waals surface area contributed by atoms with E-state index in [9.17, 15) is 4.79 Å². The molecule has 2 rings (SSSR count). The van der Waals surface area contributed by atoms with Gasteiger partial charge < -0.3 is 11.1 Å². The van der Waals surface area contributed by atoms with E-state index < -0.39 is 0 Å². The highest BCUT2D eigenvalue weighted by molar-refractivity contribution is 5.81. The van der Waals surface area contributed by atoms with Crippen LogP contribution in [-0.4, -0.2) is 34.9 Å². The van der Waals surface area contributed by atoms with Gasteiger partial charge in [0.25, 0.3) is 0 Å². The van der Waals surface area contributed by atoms with Gasteiger partial charge in [0.05, 0.1) is 6.04 Å². The lowest BCUT2D eigenvalue weighted by atomic mass is 10.1. The lowest BCUT2D eigenvalue weighted by Crippen LogP contribution is -2.53. The van der Waals surface area contributed by atoms with Crippen LogP contribution in [0.25, 0.3) is 0 Å². The van der Waals surface area contributed by atoms with Gasteiger partial charge in [-0.2, -0.15) is 0 Å². The highest BCUT2D eigenvalue weighted by Crippen LogP contribution is 2.10. The molecule has 1 aliphatic rings. The van der Waals surface area contributed by atoms with Gasteiger partial charge in [0.15, 0.2) is 0 Å². The number of nitrogens with zero attached hydrogens (tertiary/aromatic N) is 2. The first-order valence-corrected chi connectivity index (χ1v) is 5.39. The minimum atomic E-state index is -0.0775. The van der Waals surface area contributed by atoms with E-state index in [1.807, 2.05) is 13.0 Å². The number of pyridine rings is 1. The highest BCUT2D eigenvalue weighted by Gasteiger charge is 2.24. The Balaban J connectivity index is 2.03. The second kappa shape index (κ2) is 4.49. The molecule has 0 spiro atoms. The van der Waals surface area contributed by atoms with Crippen molar-refractivity contribution in [3.63, 3.8) is 0 Å². The summed E-state index contributed by atoms with van der Waals surface area (Å²) < 4.78 is 0. The summed E-state index contributed by atoms with van der Waals surface area (Å²) >= 11 is 0. The summed E-state index contributed by atoms with van der Waals surface area (Å²) in [6.45, 7) is 4.24. The molecule has 0 aromatic carbocycles. The molecule has 1 aliphatic heterocycles. The highest BCUT2D eigenvalue weighted by atomic mass is 16.2. The molecular weight excluding hydrogens is 204 g/mol. The van der Waals surface area contributed by atoms with Crippen LogP contribution in [0.15, 0.2) is 18.3 Å². The van der Waals surface area contributed by atoms with Gasteiger partial charge in [0, 0.05) is 25.8 Å². The van der Waals surface area contributed by atoms with Gasteiger partial charge in [-0.25, -0.2) is 4.98 Å². The van der Waals surface area contributed by atoms with Crippen LogP contribution < -0.4 is 11.1 Å². The molecule has 0 radical (unpaired) electrons. The van der Waals surface area contributed by atoms with Crippen molar-refractivity contribution < 1.29 is 4.79 Å². The minimum Gasteiger partial charge on any atom is -0.384 e. The van der Waals surface area contributed by atoms with E-state index in [2.05, 4.69) is 15.2 Å². The molecule has 1 fully saturated rings. The van der Waals surface area contributed by atoms with Gasteiger partial charge in [0.2, 0.25) is 5.91 Å². The minimum absolute atomic E-state index is 0.0775. The molecule has 1 atom stereocenters. The van der Waals surface area contributed by atoms with Crippen LogP contribution >= 0.6 is 0 Å². The number of nitrogens with two attached hydrogens (primary N) is 1. The SMILES string of the molecule is CC1C(=O)NCCN1Cc1ccc(N)nc1. The Bertz CT molecular complexity index is 376. The summed E-state index contributed by atoms with van der Waals surface area (Å²) in [5, 5.41) is 2.84. The first-order valence-electron chi connectivity index (χ1n) is 5.39.